The molecule has 0 unspecified atom stereocenters. The highest BCUT2D eigenvalue weighted by atomic mass is 14.9. The van der Waals surface area contributed by atoms with E-state index in [4.69, 9.17) is 0 Å². The SMILES string of the molecule is CC(C)(C)CCC(C)(C)C.CC(C)(C)CNC(C)(C)C. The molecule has 0 atom stereocenters. The Hall–Kier alpha value is -0.0400. The molecule has 0 spiro atoms. The van der Waals surface area contributed by atoms with Crippen LogP contribution in [0.4, 0.5) is 0 Å². The van der Waals surface area contributed by atoms with E-state index in [-0.39, 0.29) is 5.54 Å². The van der Waals surface area contributed by atoms with Crippen LogP contribution in [0.1, 0.15) is 95.9 Å². The number of hydrogen-bond donors (Lipinski definition) is 1. The van der Waals surface area contributed by atoms with Crippen LogP contribution in [-0.2, 0) is 0 Å². The van der Waals surface area contributed by atoms with Crippen molar-refractivity contribution in [3.8, 4) is 0 Å². The third kappa shape index (κ3) is 26.5. The number of rotatable bonds is 2. The maximum Gasteiger partial charge on any atom is 0.00967 e. The molecule has 1 heteroatoms. The quantitative estimate of drug-likeness (QED) is 0.629. The van der Waals surface area contributed by atoms with E-state index >= 15 is 0 Å². The van der Waals surface area contributed by atoms with Crippen LogP contribution in [0.3, 0.4) is 0 Å². The van der Waals surface area contributed by atoms with E-state index < -0.39 is 0 Å². The lowest BCUT2D eigenvalue weighted by molar-refractivity contribution is 0.275. The molecule has 0 saturated carbocycles. The van der Waals surface area contributed by atoms with Crippen LogP contribution in [0, 0.1) is 16.2 Å². The topological polar surface area (TPSA) is 12.0 Å². The summed E-state index contributed by atoms with van der Waals surface area (Å²) in [5.74, 6) is 0. The summed E-state index contributed by atoms with van der Waals surface area (Å²) in [6, 6.07) is 0. The summed E-state index contributed by atoms with van der Waals surface area (Å²) in [4.78, 5) is 0. The summed E-state index contributed by atoms with van der Waals surface area (Å²) < 4.78 is 0. The van der Waals surface area contributed by atoms with Gasteiger partial charge < -0.3 is 5.32 Å². The zero-order valence-corrected chi connectivity index (χ0v) is 16.6. The first-order valence-electron chi connectivity index (χ1n) is 8.16. The number of nitrogens with one attached hydrogen (secondary N) is 1. The summed E-state index contributed by atoms with van der Waals surface area (Å²) in [5, 5.41) is 3.46. The molecule has 0 aliphatic heterocycles. The molecule has 0 aromatic rings. The van der Waals surface area contributed by atoms with Gasteiger partial charge in [-0.25, -0.2) is 0 Å². The lowest BCUT2D eigenvalue weighted by Gasteiger charge is -2.27. The van der Waals surface area contributed by atoms with Crippen molar-refractivity contribution in [2.75, 3.05) is 6.54 Å². The van der Waals surface area contributed by atoms with Gasteiger partial charge in [-0.2, -0.15) is 0 Å². The average molecular weight is 286 g/mol. The molecule has 124 valence electrons. The van der Waals surface area contributed by atoms with E-state index in [2.05, 4.69) is 88.4 Å². The van der Waals surface area contributed by atoms with Crippen LogP contribution in [0.2, 0.25) is 0 Å². The molecule has 0 amide bonds. The van der Waals surface area contributed by atoms with Crippen LogP contribution < -0.4 is 5.32 Å². The maximum atomic E-state index is 3.46. The normalized spacial score (nSPS) is 13.8. The number of hydrogen-bond acceptors (Lipinski definition) is 1. The van der Waals surface area contributed by atoms with Crippen molar-refractivity contribution in [1.29, 1.82) is 0 Å². The fourth-order valence-electron chi connectivity index (χ4n) is 1.28. The molecule has 0 rings (SSSR count). The minimum absolute atomic E-state index is 0.257. The molecule has 0 aliphatic rings. The van der Waals surface area contributed by atoms with Gasteiger partial charge in [-0.15, -0.1) is 0 Å². The van der Waals surface area contributed by atoms with Gasteiger partial charge in [-0.05, 0) is 49.9 Å². The third-order valence-electron chi connectivity index (χ3n) is 2.77. The van der Waals surface area contributed by atoms with Crippen LogP contribution in [0.25, 0.3) is 0 Å². The van der Waals surface area contributed by atoms with Crippen molar-refractivity contribution in [2.45, 2.75) is 101 Å². The van der Waals surface area contributed by atoms with Crippen molar-refractivity contribution in [1.82, 2.24) is 5.32 Å². The molecule has 0 radical (unpaired) electrons. The summed E-state index contributed by atoms with van der Waals surface area (Å²) in [7, 11) is 0. The predicted molar refractivity (Wildman–Crippen MR) is 95.4 cm³/mol. The Bertz CT molecular complexity index is 181. The first kappa shape index (κ1) is 22.2. The van der Waals surface area contributed by atoms with Crippen LogP contribution in [-0.4, -0.2) is 12.1 Å². The molecule has 1 N–H and O–H groups in total. The van der Waals surface area contributed by atoms with E-state index in [1.165, 1.54) is 12.8 Å². The Labute approximate surface area is 130 Å². The molecule has 20 heavy (non-hydrogen) atoms. The van der Waals surface area contributed by atoms with Crippen molar-refractivity contribution in [3.05, 3.63) is 0 Å². The summed E-state index contributed by atoms with van der Waals surface area (Å²) in [5.41, 5.74) is 1.67. The molecule has 0 aromatic carbocycles. The Morgan fingerprint density at radius 1 is 0.500 bits per heavy atom. The van der Waals surface area contributed by atoms with Gasteiger partial charge in [0.05, 0.1) is 0 Å². The standard InChI is InChI=1S/C10H22.C9H21N/c1-9(2,3)7-8-10(4,5)6;1-8(2,3)7-10-9(4,5)6/h7-8H2,1-6H3;10H,7H2,1-6H3. The monoisotopic (exact) mass is 285 g/mol. The third-order valence-corrected chi connectivity index (χ3v) is 2.77. The largest absolute Gasteiger partial charge is 0.312 e. The minimum Gasteiger partial charge on any atom is -0.312 e. The Morgan fingerprint density at radius 3 is 0.900 bits per heavy atom. The zero-order valence-electron chi connectivity index (χ0n) is 16.6. The van der Waals surface area contributed by atoms with Gasteiger partial charge in [0.25, 0.3) is 0 Å². The van der Waals surface area contributed by atoms with Crippen LogP contribution in [0.15, 0.2) is 0 Å². The van der Waals surface area contributed by atoms with Gasteiger partial charge in [-0.1, -0.05) is 62.3 Å². The molecule has 0 saturated heterocycles. The highest BCUT2D eigenvalue weighted by molar-refractivity contribution is 4.74. The molecule has 1 nitrogen and oxygen atoms in total. The van der Waals surface area contributed by atoms with E-state index in [0.717, 1.165) is 6.54 Å². The fraction of sp³-hybridized carbons (Fsp3) is 1.00. The van der Waals surface area contributed by atoms with Gasteiger partial charge in [0.1, 0.15) is 0 Å². The van der Waals surface area contributed by atoms with Gasteiger partial charge in [0.15, 0.2) is 0 Å². The summed E-state index contributed by atoms with van der Waals surface area (Å²) in [6.07, 6.45) is 2.66. The first-order valence-corrected chi connectivity index (χ1v) is 8.16. The Morgan fingerprint density at radius 2 is 0.800 bits per heavy atom. The zero-order chi connectivity index (χ0) is 16.8. The minimum atomic E-state index is 0.257. The van der Waals surface area contributed by atoms with Crippen molar-refractivity contribution in [3.63, 3.8) is 0 Å². The molecule has 0 fully saturated rings. The highest BCUT2D eigenvalue weighted by Crippen LogP contribution is 2.29. The van der Waals surface area contributed by atoms with E-state index in [1.54, 1.807) is 0 Å². The summed E-state index contributed by atoms with van der Waals surface area (Å²) >= 11 is 0. The lowest BCUT2D eigenvalue weighted by atomic mass is 9.81. The second-order valence-electron chi connectivity index (χ2n) is 10.8. The van der Waals surface area contributed by atoms with E-state index in [0.29, 0.717) is 16.2 Å². The average Bonchev–Trinajstić information content (AvgIpc) is 2.09. The smallest absolute Gasteiger partial charge is 0.00967 e. The van der Waals surface area contributed by atoms with Crippen molar-refractivity contribution < 1.29 is 0 Å². The van der Waals surface area contributed by atoms with Crippen molar-refractivity contribution in [2.24, 2.45) is 16.2 Å². The van der Waals surface area contributed by atoms with Gasteiger partial charge in [0.2, 0.25) is 0 Å². The second kappa shape index (κ2) is 7.82. The summed E-state index contributed by atoms with van der Waals surface area (Å²) in [6.45, 7) is 28.2. The molecule has 0 aliphatic carbocycles. The molecule has 0 bridgehead atoms. The van der Waals surface area contributed by atoms with E-state index in [9.17, 15) is 0 Å². The van der Waals surface area contributed by atoms with Crippen LogP contribution in [0.5, 0.6) is 0 Å². The molecule has 0 heterocycles. The van der Waals surface area contributed by atoms with Gasteiger partial charge >= 0.3 is 0 Å². The highest BCUT2D eigenvalue weighted by Gasteiger charge is 2.16. The van der Waals surface area contributed by atoms with E-state index in [1.807, 2.05) is 0 Å². The van der Waals surface area contributed by atoms with Crippen molar-refractivity contribution >= 4 is 0 Å². The molecular weight excluding hydrogens is 242 g/mol. The lowest BCUT2D eigenvalue weighted by Crippen LogP contribution is -2.40. The predicted octanol–water partition coefficient (Wildman–Crippen LogP) is 6.28. The first-order chi connectivity index (χ1) is 8.41. The Balaban J connectivity index is 0. The molecular formula is C19H43N. The maximum absolute atomic E-state index is 3.46. The Kier molecular flexibility index (Phi) is 8.70. The van der Waals surface area contributed by atoms with Gasteiger partial charge in [-0.3, -0.25) is 0 Å². The molecule has 0 aromatic heterocycles. The van der Waals surface area contributed by atoms with Crippen LogP contribution >= 0.6 is 0 Å². The van der Waals surface area contributed by atoms with Gasteiger partial charge in [0, 0.05) is 12.1 Å². The second-order valence-corrected chi connectivity index (χ2v) is 10.8. The fourth-order valence-corrected chi connectivity index (χ4v) is 1.28.